The highest BCUT2D eigenvalue weighted by atomic mass is 32.2. The van der Waals surface area contributed by atoms with Gasteiger partial charge in [-0.25, -0.2) is 12.8 Å². The Morgan fingerprint density at radius 2 is 1.72 bits per heavy atom. The summed E-state index contributed by atoms with van der Waals surface area (Å²) in [5, 5.41) is 0. The zero-order chi connectivity index (χ0) is 20.8. The fourth-order valence-electron chi connectivity index (χ4n) is 4.19. The molecule has 0 N–H and O–H groups in total. The highest BCUT2D eigenvalue weighted by molar-refractivity contribution is 7.94. The fourth-order valence-corrected chi connectivity index (χ4v) is 6.20. The van der Waals surface area contributed by atoms with Gasteiger partial charge in [0.25, 0.3) is 5.91 Å². The molecule has 0 aliphatic carbocycles. The third-order valence-corrected chi connectivity index (χ3v) is 8.19. The van der Waals surface area contributed by atoms with Crippen LogP contribution in [0.5, 0.6) is 0 Å². The van der Waals surface area contributed by atoms with Gasteiger partial charge in [0.1, 0.15) is 11.6 Å². The van der Waals surface area contributed by atoms with Crippen LogP contribution < -0.4 is 4.90 Å². The molecule has 0 saturated carbocycles. The number of amides is 2. The molecule has 2 aromatic rings. The number of hydrogen-bond donors (Lipinski definition) is 0. The number of aryl methyl sites for hydroxylation is 1. The van der Waals surface area contributed by atoms with Gasteiger partial charge < -0.3 is 4.90 Å². The van der Waals surface area contributed by atoms with Crippen molar-refractivity contribution >= 4 is 27.3 Å². The second-order valence-corrected chi connectivity index (χ2v) is 9.80. The number of likely N-dealkylation sites (tertiary alicyclic amines) is 1. The summed E-state index contributed by atoms with van der Waals surface area (Å²) in [5.41, 5.74) is 1.22. The summed E-state index contributed by atoms with van der Waals surface area (Å²) in [6.45, 7) is 1.96. The number of nitrogens with zero attached hydrogens (tertiary/aromatic N) is 2. The summed E-state index contributed by atoms with van der Waals surface area (Å²) in [4.78, 5) is 26.9. The van der Waals surface area contributed by atoms with Crippen LogP contribution in [0.15, 0.2) is 48.5 Å². The minimum atomic E-state index is -3.70. The molecule has 152 valence electrons. The van der Waals surface area contributed by atoms with E-state index in [4.69, 9.17) is 0 Å². The SMILES string of the molecule is Cc1ccc(C(=O)N2CCC3(CC2)N(c2ccccc2)C(=O)CS3(=O)=O)cc1F. The van der Waals surface area contributed by atoms with Crippen molar-refractivity contribution in [3.05, 3.63) is 65.5 Å². The van der Waals surface area contributed by atoms with Crippen LogP contribution in [0, 0.1) is 12.7 Å². The van der Waals surface area contributed by atoms with Gasteiger partial charge in [-0.2, -0.15) is 0 Å². The van der Waals surface area contributed by atoms with E-state index in [2.05, 4.69) is 0 Å². The van der Waals surface area contributed by atoms with E-state index in [-0.39, 0.29) is 37.4 Å². The van der Waals surface area contributed by atoms with E-state index in [1.165, 1.54) is 15.9 Å². The number of halogens is 1. The van der Waals surface area contributed by atoms with Crippen LogP contribution in [-0.4, -0.2) is 48.8 Å². The van der Waals surface area contributed by atoms with Crippen LogP contribution >= 0.6 is 0 Å². The zero-order valence-corrected chi connectivity index (χ0v) is 16.8. The largest absolute Gasteiger partial charge is 0.338 e. The normalized spacial score (nSPS) is 20.3. The molecule has 0 aromatic heterocycles. The molecule has 8 heteroatoms. The molecule has 2 aliphatic heterocycles. The Morgan fingerprint density at radius 1 is 1.07 bits per heavy atom. The van der Waals surface area contributed by atoms with Crippen molar-refractivity contribution in [3.8, 4) is 0 Å². The van der Waals surface area contributed by atoms with Crippen molar-refractivity contribution in [2.24, 2.45) is 0 Å². The van der Waals surface area contributed by atoms with Crippen molar-refractivity contribution in [3.63, 3.8) is 0 Å². The van der Waals surface area contributed by atoms with Crippen molar-refractivity contribution in [1.29, 1.82) is 0 Å². The fraction of sp³-hybridized carbons (Fsp3) is 0.333. The summed E-state index contributed by atoms with van der Waals surface area (Å²) < 4.78 is 39.7. The monoisotopic (exact) mass is 416 g/mol. The molecule has 0 radical (unpaired) electrons. The molecule has 2 heterocycles. The van der Waals surface area contributed by atoms with Gasteiger partial charge in [0, 0.05) is 37.2 Å². The van der Waals surface area contributed by atoms with Gasteiger partial charge in [-0.1, -0.05) is 24.3 Å². The van der Waals surface area contributed by atoms with Gasteiger partial charge in [0.15, 0.2) is 14.7 Å². The average Bonchev–Trinajstić information content (AvgIpc) is 2.89. The molecule has 0 bridgehead atoms. The van der Waals surface area contributed by atoms with Crippen LogP contribution in [0.3, 0.4) is 0 Å². The Bertz CT molecular complexity index is 1080. The number of benzene rings is 2. The van der Waals surface area contributed by atoms with E-state index in [0.717, 1.165) is 0 Å². The number of carbonyl (C=O) groups excluding carboxylic acids is 2. The van der Waals surface area contributed by atoms with Crippen LogP contribution in [0.25, 0.3) is 0 Å². The Morgan fingerprint density at radius 3 is 2.34 bits per heavy atom. The molecule has 1 spiro atoms. The molecule has 6 nitrogen and oxygen atoms in total. The molecular weight excluding hydrogens is 395 g/mol. The molecule has 29 heavy (non-hydrogen) atoms. The van der Waals surface area contributed by atoms with Crippen molar-refractivity contribution in [1.82, 2.24) is 4.90 Å². The number of piperidine rings is 1. The maximum atomic E-state index is 13.8. The first kappa shape index (κ1) is 19.6. The molecule has 2 amide bonds. The Balaban J connectivity index is 1.61. The van der Waals surface area contributed by atoms with Gasteiger partial charge >= 0.3 is 0 Å². The van der Waals surface area contributed by atoms with Crippen LogP contribution in [0.2, 0.25) is 0 Å². The number of carbonyl (C=O) groups is 2. The van der Waals surface area contributed by atoms with Gasteiger partial charge in [-0.3, -0.25) is 14.5 Å². The Hall–Kier alpha value is -2.74. The smallest absolute Gasteiger partial charge is 0.253 e. The summed E-state index contributed by atoms with van der Waals surface area (Å²) >= 11 is 0. The summed E-state index contributed by atoms with van der Waals surface area (Å²) in [6, 6.07) is 13.1. The quantitative estimate of drug-likeness (QED) is 0.754. The van der Waals surface area contributed by atoms with Gasteiger partial charge in [0.05, 0.1) is 0 Å². The minimum absolute atomic E-state index is 0.121. The minimum Gasteiger partial charge on any atom is -0.338 e. The lowest BCUT2D eigenvalue weighted by molar-refractivity contribution is -0.116. The lowest BCUT2D eigenvalue weighted by atomic mass is 10.00. The topological polar surface area (TPSA) is 74.8 Å². The number of hydrogen-bond acceptors (Lipinski definition) is 4. The lowest BCUT2D eigenvalue weighted by Gasteiger charge is -2.43. The van der Waals surface area contributed by atoms with E-state index >= 15 is 0 Å². The summed E-state index contributed by atoms with van der Waals surface area (Å²) in [5.74, 6) is -1.77. The first-order chi connectivity index (χ1) is 13.7. The van der Waals surface area contributed by atoms with Crippen molar-refractivity contribution in [2.45, 2.75) is 24.6 Å². The number of para-hydroxylation sites is 1. The predicted molar refractivity (Wildman–Crippen MR) is 107 cm³/mol. The Labute approximate surface area is 168 Å². The third kappa shape index (κ3) is 3.11. The average molecular weight is 416 g/mol. The molecule has 2 fully saturated rings. The maximum Gasteiger partial charge on any atom is 0.253 e. The number of sulfone groups is 1. The Kier molecular flexibility index (Phi) is 4.69. The molecule has 2 saturated heterocycles. The van der Waals surface area contributed by atoms with Crippen LogP contribution in [0.4, 0.5) is 10.1 Å². The van der Waals surface area contributed by atoms with Gasteiger partial charge in [-0.15, -0.1) is 0 Å². The first-order valence-corrected chi connectivity index (χ1v) is 11.1. The second kappa shape index (κ2) is 6.95. The van der Waals surface area contributed by atoms with E-state index in [0.29, 0.717) is 11.3 Å². The standard InChI is InChI=1S/C21H21FN2O4S/c1-15-7-8-16(13-18(15)22)20(26)23-11-9-21(10-12-23)24(17-5-3-2-4-6-17)19(25)14-29(21,27)28/h2-8,13H,9-12,14H2,1H3. The summed E-state index contributed by atoms with van der Waals surface area (Å²) in [7, 11) is -3.70. The van der Waals surface area contributed by atoms with Gasteiger partial charge in [-0.05, 0) is 36.8 Å². The van der Waals surface area contributed by atoms with E-state index in [1.807, 2.05) is 0 Å². The van der Waals surface area contributed by atoms with Crippen molar-refractivity contribution in [2.75, 3.05) is 23.7 Å². The van der Waals surface area contributed by atoms with E-state index in [9.17, 15) is 22.4 Å². The molecular formula is C21H21FN2O4S. The maximum absolute atomic E-state index is 13.8. The molecule has 4 rings (SSSR count). The number of rotatable bonds is 2. The molecule has 0 atom stereocenters. The van der Waals surface area contributed by atoms with Crippen LogP contribution in [-0.2, 0) is 14.6 Å². The molecule has 2 aliphatic rings. The molecule has 2 aromatic carbocycles. The second-order valence-electron chi connectivity index (χ2n) is 7.53. The van der Waals surface area contributed by atoms with Crippen LogP contribution in [0.1, 0.15) is 28.8 Å². The van der Waals surface area contributed by atoms with Gasteiger partial charge in [0.2, 0.25) is 5.91 Å². The van der Waals surface area contributed by atoms with E-state index in [1.54, 1.807) is 49.4 Å². The highest BCUT2D eigenvalue weighted by Gasteiger charge is 2.59. The zero-order valence-electron chi connectivity index (χ0n) is 16.0. The first-order valence-electron chi connectivity index (χ1n) is 9.41. The highest BCUT2D eigenvalue weighted by Crippen LogP contribution is 2.42. The number of anilines is 1. The third-order valence-electron chi connectivity index (χ3n) is 5.81. The van der Waals surface area contributed by atoms with E-state index < -0.39 is 32.2 Å². The summed E-state index contributed by atoms with van der Waals surface area (Å²) in [6.07, 6.45) is 0.242. The van der Waals surface area contributed by atoms with Crippen molar-refractivity contribution < 1.29 is 22.4 Å². The lowest BCUT2D eigenvalue weighted by Crippen LogP contribution is -2.57. The molecule has 0 unspecified atom stereocenters. The predicted octanol–water partition coefficient (Wildman–Crippen LogP) is 2.53.